The minimum Gasteiger partial charge on any atom is -0.335 e. The van der Waals surface area contributed by atoms with Gasteiger partial charge in [-0.05, 0) is 172 Å². The summed E-state index contributed by atoms with van der Waals surface area (Å²) in [5, 5.41) is 39.2. The summed E-state index contributed by atoms with van der Waals surface area (Å²) < 4.78 is 0. The molecule has 38 nitrogen and oxygen atoms in total. The Morgan fingerprint density at radius 3 is 0.918 bits per heavy atom. The minimum atomic E-state index is -0.104. The smallest absolute Gasteiger partial charge is 0.224 e. The second kappa shape index (κ2) is 40.6. The number of H-pyrrole nitrogens is 8. The molecule has 2 amide bonds. The highest BCUT2D eigenvalue weighted by Gasteiger charge is 2.26. The molecule has 0 aliphatic carbocycles. The molecule has 26 rings (SSSR count). The van der Waals surface area contributed by atoms with Crippen LogP contribution in [0.1, 0.15) is 90.2 Å². The molecule has 38 heteroatoms. The van der Waals surface area contributed by atoms with Gasteiger partial charge in [0.2, 0.25) is 11.8 Å². The summed E-state index contributed by atoms with van der Waals surface area (Å²) in [7, 11) is 0. The summed E-state index contributed by atoms with van der Waals surface area (Å²) >= 11 is 0. The molecule has 24 aromatic heterocycles. The summed E-state index contributed by atoms with van der Waals surface area (Å²) in [6, 6.07) is 39.5. The molecule has 24 aromatic rings. The number of pyridine rings is 16. The number of nitrogens with zero attached hydrogens (tertiary/aromatic N) is 26. The fourth-order valence-corrected chi connectivity index (χ4v) is 18.5. The number of anilines is 2. The van der Waals surface area contributed by atoms with Crippen LogP contribution in [0.5, 0.6) is 0 Å². The Labute approximate surface area is 837 Å². The number of hydrogen-bond acceptors (Lipinski definition) is 28. The highest BCUT2D eigenvalue weighted by molar-refractivity contribution is 6.02. The van der Waals surface area contributed by atoms with E-state index in [4.69, 9.17) is 19.9 Å². The number of carbonyl (C=O) groups excluding carboxylic acids is 2. The van der Waals surface area contributed by atoms with Crippen LogP contribution >= 0.6 is 0 Å². The van der Waals surface area contributed by atoms with Gasteiger partial charge in [-0.2, -0.15) is 20.4 Å². The molecule has 0 atom stereocenters. The van der Waals surface area contributed by atoms with Crippen molar-refractivity contribution in [3.63, 3.8) is 0 Å². The van der Waals surface area contributed by atoms with Gasteiger partial charge in [0.1, 0.15) is 44.8 Å². The first-order valence-corrected chi connectivity index (χ1v) is 48.4. The van der Waals surface area contributed by atoms with Crippen LogP contribution in [0.4, 0.5) is 11.4 Å². The summed E-state index contributed by atoms with van der Waals surface area (Å²) in [5.41, 5.74) is 29.5. The molecule has 0 aromatic carbocycles. The Kier molecular flexibility index (Phi) is 25.3. The van der Waals surface area contributed by atoms with Crippen molar-refractivity contribution in [2.24, 2.45) is 5.41 Å². The third-order valence-corrected chi connectivity index (χ3v) is 25.5. The first kappa shape index (κ1) is 91.8. The van der Waals surface area contributed by atoms with Crippen molar-refractivity contribution in [2.45, 2.75) is 92.2 Å². The van der Waals surface area contributed by atoms with Crippen LogP contribution < -0.4 is 10.6 Å². The molecule has 2 fully saturated rings. The predicted molar refractivity (Wildman–Crippen MR) is 563 cm³/mol. The number of fused-ring (bicyclic) bond motifs is 8. The molecule has 0 bridgehead atoms. The van der Waals surface area contributed by atoms with Gasteiger partial charge in [0.05, 0.1) is 115 Å². The standard InChI is InChI=1S/C28H25N9O.C28H25N9.C27H23N9.C26H21N9O/c1-28(2,3)10-23(38)33-18-8-16(11-29-13-18)17-9-19-25(36-37-26(19)32-12-17)27-34-22-15-30-14-20(24(22)35-27)21-6-4-5-7-31-21;1-4-8-37(9-5-1)17-18-10-19(13-29-12-18)20-11-21-26(35-36-27(21)32-14-20)28-33-24-16-30-15-22(25(24)34-28)23-6-2-3-7-31-23;1-2-6-30-22(5-1)21-14-29-15-23-24(21)33-27(32-23)25-20-10-19(13-31-26(20)35-34-25)18-9-17(11-28-12-18)16-36-7-3-4-8-36;1-2-5-22(36)31-17-8-15(10-27-12-17)16-9-18-24(34-35-25(18)30-11-16)26-32-21-14-28-13-19(23(21)33-26)20-6-3-4-7-29-20/h4-9,11-15H,10H2,1-3H3,(H,33,38)(H,34,35)(H,32,36,37);2-3,6-7,10-16H,1,4-5,8-9,17H2,(H,33,34)(H,32,35,36);1-2,5-6,9-15H,3-4,7-8,16H2,(H,32,33)(H,31,34,35);3-4,6-14H,2,5H2,1H3,(H,31,36)(H,32,33)(H,30,34,35). The van der Waals surface area contributed by atoms with E-state index >= 15 is 0 Å². The zero-order valence-electron chi connectivity index (χ0n) is 80.2. The number of piperidine rings is 1. The monoisotopic (exact) mass is 1940 g/mol. The van der Waals surface area contributed by atoms with Crippen LogP contribution in [0.2, 0.25) is 0 Å². The molecule has 147 heavy (non-hydrogen) atoms. The van der Waals surface area contributed by atoms with Gasteiger partial charge in [-0.15, -0.1) is 0 Å². The summed E-state index contributed by atoms with van der Waals surface area (Å²) in [5.74, 6) is 2.51. The SMILES string of the molecule is CC(C)(C)CC(=O)Nc1cncc(-c2cnc3n[nH]c(-c4nc5c(-c6ccccn6)cncc5[nH]4)c3c2)c1.CCCC(=O)Nc1cncc(-c2cnc3n[nH]c(-c4nc5c(-c6ccccn6)cncc5[nH]4)c3c2)c1.c1ccc(-c2cncc3[nH]c(-c4[nH]nc5ncc(-c6cncc(CN7CCCC7)c6)cc45)nc23)nc1.c1ccc(-c2cncc3[nH]c(-c4[nH]nc5ncc(-c6cncc(CN7CCCCC7)c6)cc45)nc23)nc1. The van der Waals surface area contributed by atoms with Crippen molar-refractivity contribution in [1.29, 1.82) is 0 Å². The molecule has 2 saturated heterocycles. The quantitative estimate of drug-likeness (QED) is 0.0319. The van der Waals surface area contributed by atoms with E-state index in [-0.39, 0.29) is 17.2 Å². The van der Waals surface area contributed by atoms with E-state index in [2.05, 4.69) is 185 Å². The molecular weight excluding hydrogens is 1850 g/mol. The maximum absolute atomic E-state index is 12.4. The lowest BCUT2D eigenvalue weighted by molar-refractivity contribution is -0.118. The van der Waals surface area contributed by atoms with Crippen molar-refractivity contribution in [2.75, 3.05) is 36.8 Å². The fraction of sp³-hybridized carbons (Fsp3) is 0.174. The average Bonchev–Trinajstić information content (AvgIpc) is 1.63. The molecule has 0 spiro atoms. The Morgan fingerprint density at radius 2 is 0.612 bits per heavy atom. The van der Waals surface area contributed by atoms with Crippen LogP contribution in [-0.4, -0.2) is 208 Å². The van der Waals surface area contributed by atoms with E-state index in [1.54, 1.807) is 112 Å². The summed E-state index contributed by atoms with van der Waals surface area (Å²) in [6.07, 6.45) is 50.9. The van der Waals surface area contributed by atoms with Crippen molar-refractivity contribution < 1.29 is 9.59 Å². The van der Waals surface area contributed by atoms with Gasteiger partial charge in [-0.3, -0.25) is 99.6 Å². The maximum atomic E-state index is 12.4. The Bertz CT molecular complexity index is 8920. The second-order valence-corrected chi connectivity index (χ2v) is 37.3. The van der Waals surface area contributed by atoms with Gasteiger partial charge in [0, 0.05) is 204 Å². The maximum Gasteiger partial charge on any atom is 0.224 e. The molecule has 10 N–H and O–H groups in total. The van der Waals surface area contributed by atoms with Gasteiger partial charge >= 0.3 is 0 Å². The molecule has 0 unspecified atom stereocenters. The van der Waals surface area contributed by atoms with Gasteiger partial charge < -0.3 is 30.6 Å². The molecule has 2 aliphatic rings. The molecule has 2 aliphatic heterocycles. The van der Waals surface area contributed by atoms with E-state index in [1.165, 1.54) is 43.2 Å². The highest BCUT2D eigenvalue weighted by atomic mass is 16.2. The summed E-state index contributed by atoms with van der Waals surface area (Å²) in [4.78, 5) is 134. The van der Waals surface area contributed by atoms with Crippen molar-refractivity contribution in [1.82, 2.24) is 170 Å². The van der Waals surface area contributed by atoms with Crippen LogP contribution in [0.25, 0.3) is 224 Å². The van der Waals surface area contributed by atoms with E-state index in [1.807, 2.05) is 162 Å². The topological polar surface area (TPSA) is 500 Å². The lowest BCUT2D eigenvalue weighted by Crippen LogP contribution is -2.29. The molecule has 722 valence electrons. The van der Waals surface area contributed by atoms with Crippen LogP contribution in [0.15, 0.2) is 270 Å². The van der Waals surface area contributed by atoms with Crippen LogP contribution in [-0.2, 0) is 22.7 Å². The van der Waals surface area contributed by atoms with Crippen molar-refractivity contribution in [3.8, 4) is 136 Å². The lowest BCUT2D eigenvalue weighted by atomic mass is 9.92. The molecule has 0 saturated carbocycles. The number of aromatic amines is 8. The largest absolute Gasteiger partial charge is 0.335 e. The Hall–Kier alpha value is -19.0. The number of imidazole rings is 4. The normalized spacial score (nSPS) is 12.9. The van der Waals surface area contributed by atoms with Crippen LogP contribution in [0, 0.1) is 5.41 Å². The van der Waals surface area contributed by atoms with Gasteiger partial charge in [0.25, 0.3) is 0 Å². The van der Waals surface area contributed by atoms with Gasteiger partial charge in [-0.1, -0.05) is 58.4 Å². The fourth-order valence-electron chi connectivity index (χ4n) is 18.5. The number of aromatic nitrogens is 32. The number of rotatable bonds is 21. The minimum absolute atomic E-state index is 0.0356. The highest BCUT2D eigenvalue weighted by Crippen LogP contribution is 2.40. The lowest BCUT2D eigenvalue weighted by Gasteiger charge is -2.26. The van der Waals surface area contributed by atoms with E-state index < -0.39 is 0 Å². The first-order chi connectivity index (χ1) is 72.2. The third-order valence-electron chi connectivity index (χ3n) is 25.5. The Balaban J connectivity index is 0.000000108. The van der Waals surface area contributed by atoms with Crippen molar-refractivity contribution >= 4 is 111 Å². The van der Waals surface area contributed by atoms with Gasteiger partial charge in [0.15, 0.2) is 45.9 Å². The van der Waals surface area contributed by atoms with Gasteiger partial charge in [-0.25, -0.2) is 39.9 Å². The number of amides is 2. The van der Waals surface area contributed by atoms with E-state index in [9.17, 15) is 9.59 Å². The predicted octanol–water partition coefficient (Wildman–Crippen LogP) is 19.8. The first-order valence-electron chi connectivity index (χ1n) is 48.4. The zero-order chi connectivity index (χ0) is 99.3. The molecule has 0 radical (unpaired) electrons. The number of carbonyl (C=O) groups is 2. The third kappa shape index (κ3) is 19.9. The number of nitrogens with one attached hydrogen (secondary N) is 10. The second-order valence-electron chi connectivity index (χ2n) is 37.3. The number of likely N-dealkylation sites (tertiary alicyclic amines) is 2. The van der Waals surface area contributed by atoms with Crippen molar-refractivity contribution in [3.05, 3.63) is 281 Å². The zero-order valence-corrected chi connectivity index (χ0v) is 80.2. The van der Waals surface area contributed by atoms with E-state index in [0.29, 0.717) is 81.5 Å². The molecule has 26 heterocycles. The van der Waals surface area contributed by atoms with E-state index in [0.717, 1.165) is 212 Å². The average molecular weight is 1940 g/mol. The number of hydrogen-bond donors (Lipinski definition) is 10. The van der Waals surface area contributed by atoms with Crippen LogP contribution in [0.3, 0.4) is 0 Å². The Morgan fingerprint density at radius 1 is 0.320 bits per heavy atom. The summed E-state index contributed by atoms with van der Waals surface area (Å²) in [6.45, 7) is 14.5. The molecular formula is C109H94N36O2.